The first kappa shape index (κ1) is 12.7. The molecule has 0 saturated heterocycles. The van der Waals surface area contributed by atoms with E-state index in [1.165, 1.54) is 5.56 Å². The number of carbonyl (C=O) groups is 1. The zero-order chi connectivity index (χ0) is 13.2. The third-order valence-electron chi connectivity index (χ3n) is 4.53. The molecule has 1 aliphatic carbocycles. The molecule has 1 aliphatic heterocycles. The number of carbonyl (C=O) groups excluding carboxylic acids is 1. The second-order valence-electron chi connectivity index (χ2n) is 5.71. The van der Waals surface area contributed by atoms with Crippen LogP contribution >= 0.6 is 0 Å². The second-order valence-corrected chi connectivity index (χ2v) is 5.71. The van der Waals surface area contributed by atoms with E-state index < -0.39 is 0 Å². The van der Waals surface area contributed by atoms with Crippen LogP contribution in [0.25, 0.3) is 0 Å². The van der Waals surface area contributed by atoms with Gasteiger partial charge in [-0.15, -0.1) is 0 Å². The van der Waals surface area contributed by atoms with Crippen LogP contribution in [0.1, 0.15) is 41.6 Å². The number of nitrogens with two attached hydrogens (primary N) is 1. The normalized spacial score (nSPS) is 25.7. The molecule has 0 amide bonds. The molecular formula is C16H21NO2. The van der Waals surface area contributed by atoms with Gasteiger partial charge in [-0.1, -0.05) is 12.1 Å². The molecule has 0 unspecified atom stereocenters. The van der Waals surface area contributed by atoms with Crippen molar-refractivity contribution < 1.29 is 9.53 Å². The SMILES string of the molecule is NCC1CCC(C(=O)c2cccc3c2OCC3)CC1. The van der Waals surface area contributed by atoms with Gasteiger partial charge in [-0.2, -0.15) is 0 Å². The van der Waals surface area contributed by atoms with Crippen molar-refractivity contribution >= 4 is 5.78 Å². The molecule has 0 bridgehead atoms. The minimum Gasteiger partial charge on any atom is -0.492 e. The third-order valence-corrected chi connectivity index (χ3v) is 4.53. The van der Waals surface area contributed by atoms with Gasteiger partial charge in [0, 0.05) is 12.3 Å². The number of benzene rings is 1. The molecule has 0 spiro atoms. The number of Topliss-reactive ketones (excluding diaryl/α,β-unsaturated/α-hetero) is 1. The number of hydrogen-bond donors (Lipinski definition) is 1. The fraction of sp³-hybridized carbons (Fsp3) is 0.562. The monoisotopic (exact) mass is 259 g/mol. The lowest BCUT2D eigenvalue weighted by atomic mass is 9.78. The van der Waals surface area contributed by atoms with Crippen LogP contribution in [0.5, 0.6) is 5.75 Å². The average Bonchev–Trinajstić information content (AvgIpc) is 2.95. The number of rotatable bonds is 3. The smallest absolute Gasteiger partial charge is 0.169 e. The molecule has 3 nitrogen and oxygen atoms in total. The highest BCUT2D eigenvalue weighted by molar-refractivity contribution is 6.00. The molecule has 2 aliphatic rings. The summed E-state index contributed by atoms with van der Waals surface area (Å²) >= 11 is 0. The molecule has 1 saturated carbocycles. The third kappa shape index (κ3) is 2.39. The Labute approximate surface area is 114 Å². The van der Waals surface area contributed by atoms with Crippen molar-refractivity contribution in [2.24, 2.45) is 17.6 Å². The summed E-state index contributed by atoms with van der Waals surface area (Å²) in [6.45, 7) is 1.46. The molecular weight excluding hydrogens is 238 g/mol. The molecule has 0 aromatic heterocycles. The van der Waals surface area contributed by atoms with E-state index in [1.54, 1.807) is 0 Å². The molecule has 0 atom stereocenters. The number of ketones is 1. The Hall–Kier alpha value is -1.35. The standard InChI is InChI=1S/C16H21NO2/c17-10-11-4-6-12(7-5-11)15(18)14-3-1-2-13-8-9-19-16(13)14/h1-3,11-12H,4-10,17H2. The average molecular weight is 259 g/mol. The van der Waals surface area contributed by atoms with Crippen LogP contribution in [-0.2, 0) is 6.42 Å². The first-order valence-electron chi connectivity index (χ1n) is 7.28. The van der Waals surface area contributed by atoms with Crippen LogP contribution in [-0.4, -0.2) is 18.9 Å². The first-order valence-corrected chi connectivity index (χ1v) is 7.28. The van der Waals surface area contributed by atoms with Crippen LogP contribution in [0.15, 0.2) is 18.2 Å². The van der Waals surface area contributed by atoms with E-state index in [0.717, 1.165) is 50.0 Å². The van der Waals surface area contributed by atoms with E-state index in [1.807, 2.05) is 12.1 Å². The summed E-state index contributed by atoms with van der Waals surface area (Å²) in [6.07, 6.45) is 5.05. The summed E-state index contributed by atoms with van der Waals surface area (Å²) in [7, 11) is 0. The van der Waals surface area contributed by atoms with Crippen molar-refractivity contribution in [2.45, 2.75) is 32.1 Å². The van der Waals surface area contributed by atoms with Crippen LogP contribution < -0.4 is 10.5 Å². The van der Waals surface area contributed by atoms with Gasteiger partial charge < -0.3 is 10.5 Å². The fourth-order valence-electron chi connectivity index (χ4n) is 3.29. The molecule has 1 aromatic rings. The minimum absolute atomic E-state index is 0.165. The Balaban J connectivity index is 1.76. The minimum atomic E-state index is 0.165. The van der Waals surface area contributed by atoms with Crippen molar-refractivity contribution in [3.63, 3.8) is 0 Å². The quantitative estimate of drug-likeness (QED) is 0.849. The summed E-state index contributed by atoms with van der Waals surface area (Å²) in [5.74, 6) is 1.89. The Bertz CT molecular complexity index is 476. The Morgan fingerprint density at radius 1 is 1.26 bits per heavy atom. The van der Waals surface area contributed by atoms with E-state index in [9.17, 15) is 4.79 Å². The summed E-state index contributed by atoms with van der Waals surface area (Å²) in [5.41, 5.74) is 7.68. The molecule has 1 fully saturated rings. The summed E-state index contributed by atoms with van der Waals surface area (Å²) in [6, 6.07) is 5.96. The molecule has 3 heteroatoms. The Morgan fingerprint density at radius 3 is 2.79 bits per heavy atom. The molecule has 0 radical (unpaired) electrons. The molecule has 3 rings (SSSR count). The van der Waals surface area contributed by atoms with Crippen molar-refractivity contribution in [1.29, 1.82) is 0 Å². The summed E-state index contributed by atoms with van der Waals surface area (Å²) < 4.78 is 5.64. The van der Waals surface area contributed by atoms with E-state index in [2.05, 4.69) is 6.07 Å². The molecule has 1 heterocycles. The van der Waals surface area contributed by atoms with E-state index in [4.69, 9.17) is 10.5 Å². The molecule has 102 valence electrons. The van der Waals surface area contributed by atoms with Gasteiger partial charge in [0.25, 0.3) is 0 Å². The van der Waals surface area contributed by atoms with Gasteiger partial charge >= 0.3 is 0 Å². The van der Waals surface area contributed by atoms with E-state index in [0.29, 0.717) is 12.5 Å². The van der Waals surface area contributed by atoms with Gasteiger partial charge in [-0.25, -0.2) is 0 Å². The summed E-state index contributed by atoms with van der Waals surface area (Å²) in [5, 5.41) is 0. The van der Waals surface area contributed by atoms with Crippen LogP contribution in [0, 0.1) is 11.8 Å². The lowest BCUT2D eigenvalue weighted by Gasteiger charge is -2.27. The lowest BCUT2D eigenvalue weighted by Crippen LogP contribution is -2.26. The highest BCUT2D eigenvalue weighted by Crippen LogP contribution is 2.35. The number of hydrogen-bond acceptors (Lipinski definition) is 3. The predicted octanol–water partition coefficient (Wildman–Crippen LogP) is 2.57. The maximum absolute atomic E-state index is 12.6. The van der Waals surface area contributed by atoms with Gasteiger partial charge in [-0.05, 0) is 49.8 Å². The van der Waals surface area contributed by atoms with Gasteiger partial charge in [0.15, 0.2) is 5.78 Å². The second kappa shape index (κ2) is 5.33. The van der Waals surface area contributed by atoms with Gasteiger partial charge in [-0.3, -0.25) is 4.79 Å². The molecule has 1 aromatic carbocycles. The van der Waals surface area contributed by atoms with E-state index >= 15 is 0 Å². The van der Waals surface area contributed by atoms with Crippen LogP contribution in [0.2, 0.25) is 0 Å². The van der Waals surface area contributed by atoms with Gasteiger partial charge in [0.1, 0.15) is 5.75 Å². The highest BCUT2D eigenvalue weighted by atomic mass is 16.5. The van der Waals surface area contributed by atoms with Crippen molar-refractivity contribution in [3.05, 3.63) is 29.3 Å². The zero-order valence-electron chi connectivity index (χ0n) is 11.2. The Morgan fingerprint density at radius 2 is 2.05 bits per heavy atom. The van der Waals surface area contributed by atoms with Crippen LogP contribution in [0.4, 0.5) is 0 Å². The van der Waals surface area contributed by atoms with E-state index in [-0.39, 0.29) is 11.7 Å². The number of fused-ring (bicyclic) bond motifs is 1. The van der Waals surface area contributed by atoms with Crippen LogP contribution in [0.3, 0.4) is 0 Å². The summed E-state index contributed by atoms with van der Waals surface area (Å²) in [4.78, 5) is 12.6. The fourth-order valence-corrected chi connectivity index (χ4v) is 3.29. The Kier molecular flexibility index (Phi) is 3.56. The maximum atomic E-state index is 12.6. The van der Waals surface area contributed by atoms with Crippen molar-refractivity contribution in [1.82, 2.24) is 0 Å². The number of para-hydroxylation sites is 1. The molecule has 19 heavy (non-hydrogen) atoms. The topological polar surface area (TPSA) is 52.3 Å². The number of ether oxygens (including phenoxy) is 1. The lowest BCUT2D eigenvalue weighted by molar-refractivity contribution is 0.0870. The molecule has 2 N–H and O–H groups in total. The maximum Gasteiger partial charge on any atom is 0.169 e. The predicted molar refractivity (Wildman–Crippen MR) is 74.5 cm³/mol. The van der Waals surface area contributed by atoms with Gasteiger partial charge in [0.05, 0.1) is 12.2 Å². The highest BCUT2D eigenvalue weighted by Gasteiger charge is 2.29. The zero-order valence-corrected chi connectivity index (χ0v) is 11.2. The van der Waals surface area contributed by atoms with Crippen molar-refractivity contribution in [3.8, 4) is 5.75 Å². The first-order chi connectivity index (χ1) is 9.29. The van der Waals surface area contributed by atoms with Gasteiger partial charge in [0.2, 0.25) is 0 Å². The van der Waals surface area contributed by atoms with Crippen molar-refractivity contribution in [2.75, 3.05) is 13.2 Å². The largest absolute Gasteiger partial charge is 0.492 e.